The van der Waals surface area contributed by atoms with Crippen molar-refractivity contribution in [3.63, 3.8) is 0 Å². The molecule has 1 N–H and O–H groups in total. The largest absolute Gasteiger partial charge is 0.351 e. The molecule has 0 spiro atoms. The Morgan fingerprint density at radius 3 is 2.77 bits per heavy atom. The van der Waals surface area contributed by atoms with Crippen LogP contribution < -0.4 is 5.32 Å². The number of carbonyl (C=O) groups is 2. The van der Waals surface area contributed by atoms with Crippen molar-refractivity contribution in [2.45, 2.75) is 37.8 Å². The molecule has 0 bridgehead atoms. The zero-order valence-corrected chi connectivity index (χ0v) is 13.2. The van der Waals surface area contributed by atoms with E-state index in [0.29, 0.717) is 18.1 Å². The Hall–Kier alpha value is -1.56. The SMILES string of the molecule is CCC(=O)N1CSC[C@@H]1C(=O)N[C@@H]1C[C@H]1c1ccc(F)cc1. The van der Waals surface area contributed by atoms with E-state index in [1.165, 1.54) is 12.1 Å². The Morgan fingerprint density at radius 1 is 1.36 bits per heavy atom. The van der Waals surface area contributed by atoms with Gasteiger partial charge in [0.25, 0.3) is 0 Å². The topological polar surface area (TPSA) is 49.4 Å². The molecule has 0 unspecified atom stereocenters. The van der Waals surface area contributed by atoms with Gasteiger partial charge in [0.1, 0.15) is 11.9 Å². The van der Waals surface area contributed by atoms with Crippen molar-refractivity contribution in [1.29, 1.82) is 0 Å². The van der Waals surface area contributed by atoms with Crippen molar-refractivity contribution in [3.8, 4) is 0 Å². The molecule has 1 saturated heterocycles. The molecule has 1 saturated carbocycles. The second-order valence-corrected chi connectivity index (χ2v) is 6.74. The highest BCUT2D eigenvalue weighted by atomic mass is 32.2. The minimum atomic E-state index is -0.355. The third-order valence-corrected chi connectivity index (χ3v) is 5.24. The quantitative estimate of drug-likeness (QED) is 0.924. The molecule has 3 rings (SSSR count). The van der Waals surface area contributed by atoms with Crippen LogP contribution in [0.2, 0.25) is 0 Å². The summed E-state index contributed by atoms with van der Waals surface area (Å²) in [6.07, 6.45) is 1.30. The van der Waals surface area contributed by atoms with Crippen molar-refractivity contribution in [2.75, 3.05) is 11.6 Å². The number of halogens is 1. The van der Waals surface area contributed by atoms with Gasteiger partial charge in [0, 0.05) is 24.1 Å². The van der Waals surface area contributed by atoms with Crippen molar-refractivity contribution in [2.24, 2.45) is 0 Å². The van der Waals surface area contributed by atoms with Gasteiger partial charge in [0.15, 0.2) is 0 Å². The van der Waals surface area contributed by atoms with Crippen LogP contribution in [0.5, 0.6) is 0 Å². The highest BCUT2D eigenvalue weighted by molar-refractivity contribution is 7.99. The normalized spacial score (nSPS) is 26.8. The predicted octanol–water partition coefficient (Wildman–Crippen LogP) is 2.11. The Kier molecular flexibility index (Phi) is 4.38. The fourth-order valence-corrected chi connectivity index (χ4v) is 4.00. The maximum atomic E-state index is 12.9. The molecule has 1 aromatic rings. The average Bonchev–Trinajstić information content (AvgIpc) is 3.10. The molecule has 22 heavy (non-hydrogen) atoms. The molecule has 3 atom stereocenters. The molecule has 1 heterocycles. The molecule has 1 aliphatic carbocycles. The van der Waals surface area contributed by atoms with Crippen LogP contribution in [0.3, 0.4) is 0 Å². The molecule has 1 aromatic carbocycles. The van der Waals surface area contributed by atoms with E-state index in [1.54, 1.807) is 28.8 Å². The molecule has 0 radical (unpaired) electrons. The zero-order valence-electron chi connectivity index (χ0n) is 12.4. The van der Waals surface area contributed by atoms with E-state index < -0.39 is 0 Å². The maximum absolute atomic E-state index is 12.9. The second kappa shape index (κ2) is 6.28. The summed E-state index contributed by atoms with van der Waals surface area (Å²) in [6, 6.07) is 6.17. The lowest BCUT2D eigenvalue weighted by atomic mass is 10.1. The summed E-state index contributed by atoms with van der Waals surface area (Å²) in [5, 5.41) is 3.03. The fourth-order valence-electron chi connectivity index (χ4n) is 2.82. The van der Waals surface area contributed by atoms with Gasteiger partial charge in [-0.15, -0.1) is 11.8 Å². The first-order valence-electron chi connectivity index (χ1n) is 7.53. The lowest BCUT2D eigenvalue weighted by Crippen LogP contribution is -2.47. The number of amides is 2. The van der Waals surface area contributed by atoms with Crippen LogP contribution in [-0.2, 0) is 9.59 Å². The number of nitrogens with one attached hydrogen (secondary N) is 1. The minimum absolute atomic E-state index is 0.0241. The molecule has 118 valence electrons. The van der Waals surface area contributed by atoms with Crippen LogP contribution in [0.25, 0.3) is 0 Å². The molecule has 2 amide bonds. The summed E-state index contributed by atoms with van der Waals surface area (Å²) in [4.78, 5) is 25.9. The highest BCUT2D eigenvalue weighted by Gasteiger charge is 2.42. The summed E-state index contributed by atoms with van der Waals surface area (Å²) >= 11 is 1.61. The third-order valence-electron chi connectivity index (χ3n) is 4.22. The Morgan fingerprint density at radius 2 is 2.09 bits per heavy atom. The minimum Gasteiger partial charge on any atom is -0.351 e. The summed E-state index contributed by atoms with van der Waals surface area (Å²) in [6.45, 7) is 1.81. The third kappa shape index (κ3) is 3.11. The van der Waals surface area contributed by atoms with E-state index in [9.17, 15) is 14.0 Å². The average molecular weight is 322 g/mol. The first-order chi connectivity index (χ1) is 10.6. The first kappa shape index (κ1) is 15.3. The van der Waals surface area contributed by atoms with Gasteiger partial charge in [0.2, 0.25) is 11.8 Å². The number of thioether (sulfide) groups is 1. The van der Waals surface area contributed by atoms with Gasteiger partial charge in [-0.25, -0.2) is 4.39 Å². The first-order valence-corrected chi connectivity index (χ1v) is 8.68. The van der Waals surface area contributed by atoms with Crippen LogP contribution >= 0.6 is 11.8 Å². The highest BCUT2D eigenvalue weighted by Crippen LogP contribution is 2.41. The smallest absolute Gasteiger partial charge is 0.243 e. The lowest BCUT2D eigenvalue weighted by Gasteiger charge is -2.22. The summed E-state index contributed by atoms with van der Waals surface area (Å²) in [7, 11) is 0. The number of nitrogens with zero attached hydrogens (tertiary/aromatic N) is 1. The second-order valence-electron chi connectivity index (χ2n) is 5.74. The van der Waals surface area contributed by atoms with E-state index in [1.807, 2.05) is 6.92 Å². The van der Waals surface area contributed by atoms with Crippen molar-refractivity contribution >= 4 is 23.6 Å². The predicted molar refractivity (Wildman–Crippen MR) is 83.9 cm³/mol. The van der Waals surface area contributed by atoms with Crippen molar-refractivity contribution in [3.05, 3.63) is 35.6 Å². The lowest BCUT2D eigenvalue weighted by molar-refractivity contribution is -0.137. The molecule has 4 nitrogen and oxygen atoms in total. The van der Waals surface area contributed by atoms with Gasteiger partial charge in [-0.2, -0.15) is 0 Å². The fraction of sp³-hybridized carbons (Fsp3) is 0.500. The number of hydrogen-bond acceptors (Lipinski definition) is 3. The van der Waals surface area contributed by atoms with Crippen LogP contribution in [0.4, 0.5) is 4.39 Å². The van der Waals surface area contributed by atoms with E-state index in [2.05, 4.69) is 5.32 Å². The van der Waals surface area contributed by atoms with Gasteiger partial charge in [-0.05, 0) is 24.1 Å². The monoisotopic (exact) mass is 322 g/mol. The van der Waals surface area contributed by atoms with Gasteiger partial charge in [-0.3, -0.25) is 9.59 Å². The number of carbonyl (C=O) groups excluding carboxylic acids is 2. The van der Waals surface area contributed by atoms with Crippen molar-refractivity contribution < 1.29 is 14.0 Å². The molecule has 6 heteroatoms. The van der Waals surface area contributed by atoms with E-state index in [4.69, 9.17) is 0 Å². The molecule has 0 aromatic heterocycles. The van der Waals surface area contributed by atoms with Crippen molar-refractivity contribution in [1.82, 2.24) is 10.2 Å². The summed E-state index contributed by atoms with van der Waals surface area (Å²) in [5.41, 5.74) is 1.05. The summed E-state index contributed by atoms with van der Waals surface area (Å²) < 4.78 is 12.9. The maximum Gasteiger partial charge on any atom is 0.243 e. The van der Waals surface area contributed by atoms with Crippen LogP contribution in [-0.4, -0.2) is 40.4 Å². The molecule has 2 fully saturated rings. The van der Waals surface area contributed by atoms with Crippen LogP contribution in [0.1, 0.15) is 31.2 Å². The van der Waals surface area contributed by atoms with E-state index in [-0.39, 0.29) is 35.6 Å². The molecule has 2 aliphatic rings. The molecular weight excluding hydrogens is 303 g/mol. The van der Waals surface area contributed by atoms with Gasteiger partial charge in [0.05, 0.1) is 5.88 Å². The van der Waals surface area contributed by atoms with E-state index in [0.717, 1.165) is 12.0 Å². The van der Waals surface area contributed by atoms with Gasteiger partial charge >= 0.3 is 0 Å². The summed E-state index contributed by atoms with van der Waals surface area (Å²) in [5.74, 6) is 1.22. The van der Waals surface area contributed by atoms with Gasteiger partial charge < -0.3 is 10.2 Å². The Balaban J connectivity index is 1.57. The Bertz CT molecular complexity index is 578. The van der Waals surface area contributed by atoms with Gasteiger partial charge in [-0.1, -0.05) is 19.1 Å². The Labute approximate surface area is 133 Å². The molecular formula is C16H19FN2O2S. The number of rotatable bonds is 4. The van der Waals surface area contributed by atoms with E-state index >= 15 is 0 Å². The number of benzene rings is 1. The van der Waals surface area contributed by atoms with Crippen LogP contribution in [0, 0.1) is 5.82 Å². The van der Waals surface area contributed by atoms with Crippen LogP contribution in [0.15, 0.2) is 24.3 Å². The standard InChI is InChI=1S/C16H19FN2O2S/c1-2-15(20)19-9-22-8-14(19)16(21)18-13-7-12(13)10-3-5-11(17)6-4-10/h3-6,12-14H,2,7-9H2,1H3,(H,18,21)/t12-,13+,14+/m0/s1. The zero-order chi connectivity index (χ0) is 15.7. The number of hydrogen-bond donors (Lipinski definition) is 1. The molecule has 1 aliphatic heterocycles.